The Labute approximate surface area is 121 Å². The molecular weight excluding hydrogens is 278 g/mol. The first-order valence-electron chi connectivity index (χ1n) is 6.77. The van der Waals surface area contributed by atoms with Crippen LogP contribution < -0.4 is 5.32 Å². The van der Waals surface area contributed by atoms with Crippen molar-refractivity contribution in [2.75, 3.05) is 32.3 Å². The van der Waals surface area contributed by atoms with Crippen molar-refractivity contribution in [2.45, 2.75) is 32.9 Å². The van der Waals surface area contributed by atoms with Gasteiger partial charge in [-0.15, -0.1) is 0 Å². The van der Waals surface area contributed by atoms with Gasteiger partial charge in [0.25, 0.3) is 0 Å². The van der Waals surface area contributed by atoms with Crippen molar-refractivity contribution in [3.8, 4) is 0 Å². The molecule has 0 spiro atoms. The van der Waals surface area contributed by atoms with Crippen LogP contribution in [0.2, 0.25) is 0 Å². The molecule has 1 heterocycles. The largest absolute Gasteiger partial charge is 0.383 e. The first kappa shape index (κ1) is 17.1. The highest BCUT2D eigenvalue weighted by Gasteiger charge is 2.15. The van der Waals surface area contributed by atoms with Gasteiger partial charge in [-0.05, 0) is 5.92 Å². The molecule has 0 amide bonds. The van der Waals surface area contributed by atoms with Crippen LogP contribution in [0, 0.1) is 0 Å². The summed E-state index contributed by atoms with van der Waals surface area (Å²) in [7, 11) is -1.30. The van der Waals surface area contributed by atoms with Crippen molar-refractivity contribution < 1.29 is 13.2 Å². The van der Waals surface area contributed by atoms with Crippen molar-refractivity contribution in [3.05, 3.63) is 17.5 Å². The molecule has 0 saturated carbocycles. The zero-order chi connectivity index (χ0) is 15.2. The minimum atomic E-state index is -2.97. The molecule has 0 saturated heterocycles. The van der Waals surface area contributed by atoms with E-state index in [-0.39, 0.29) is 5.75 Å². The van der Waals surface area contributed by atoms with Crippen molar-refractivity contribution in [1.29, 1.82) is 0 Å². The van der Waals surface area contributed by atoms with E-state index in [9.17, 15) is 8.42 Å². The molecule has 0 bridgehead atoms. The molecule has 0 atom stereocenters. The molecule has 0 unspecified atom stereocenters. The summed E-state index contributed by atoms with van der Waals surface area (Å²) >= 11 is 0. The van der Waals surface area contributed by atoms with Gasteiger partial charge in [0.2, 0.25) is 0 Å². The van der Waals surface area contributed by atoms with E-state index >= 15 is 0 Å². The van der Waals surface area contributed by atoms with Crippen LogP contribution in [0.1, 0.15) is 31.0 Å². The fourth-order valence-electron chi connectivity index (χ4n) is 2.07. The Bertz CT molecular complexity index is 509. The maximum Gasteiger partial charge on any atom is 0.149 e. The monoisotopic (exact) mass is 303 g/mol. The number of ether oxygens (including phenoxy) is 1. The van der Waals surface area contributed by atoms with Gasteiger partial charge < -0.3 is 10.1 Å². The van der Waals surface area contributed by atoms with Crippen LogP contribution in [0.3, 0.4) is 0 Å². The summed E-state index contributed by atoms with van der Waals surface area (Å²) in [6, 6.07) is 0. The van der Waals surface area contributed by atoms with Crippen LogP contribution >= 0.6 is 0 Å². The van der Waals surface area contributed by atoms with Gasteiger partial charge in [-0.3, -0.25) is 4.68 Å². The molecule has 0 fully saturated rings. The molecule has 0 aliphatic rings. The second-order valence-electron chi connectivity index (χ2n) is 5.23. The van der Waals surface area contributed by atoms with Crippen molar-refractivity contribution in [3.63, 3.8) is 0 Å². The molecule has 7 heteroatoms. The van der Waals surface area contributed by atoms with Gasteiger partial charge in [0.15, 0.2) is 0 Å². The second-order valence-corrected chi connectivity index (χ2v) is 7.49. The molecule has 0 aliphatic carbocycles. The van der Waals surface area contributed by atoms with Gasteiger partial charge in [0.1, 0.15) is 9.84 Å². The van der Waals surface area contributed by atoms with Gasteiger partial charge in [0, 0.05) is 37.7 Å². The molecule has 0 aliphatic heterocycles. The van der Waals surface area contributed by atoms with E-state index in [1.54, 1.807) is 11.8 Å². The van der Waals surface area contributed by atoms with Gasteiger partial charge in [0.05, 0.1) is 25.1 Å². The lowest BCUT2D eigenvalue weighted by Gasteiger charge is -2.13. The molecule has 0 aromatic carbocycles. The van der Waals surface area contributed by atoms with Gasteiger partial charge in [-0.2, -0.15) is 5.10 Å². The SMILES string of the molecule is COCCNCc1cnn(CCS(C)(=O)=O)c1C(C)C. The van der Waals surface area contributed by atoms with Crippen LogP contribution in [-0.4, -0.2) is 50.5 Å². The maximum absolute atomic E-state index is 11.3. The lowest BCUT2D eigenvalue weighted by Crippen LogP contribution is -2.20. The van der Waals surface area contributed by atoms with E-state index in [4.69, 9.17) is 4.74 Å². The first-order chi connectivity index (χ1) is 9.35. The number of sulfone groups is 1. The summed E-state index contributed by atoms with van der Waals surface area (Å²) in [5.74, 6) is 0.418. The Morgan fingerprint density at radius 1 is 1.45 bits per heavy atom. The number of nitrogens with zero attached hydrogens (tertiary/aromatic N) is 2. The highest BCUT2D eigenvalue weighted by Crippen LogP contribution is 2.19. The minimum Gasteiger partial charge on any atom is -0.383 e. The standard InChI is InChI=1S/C13H25N3O3S/c1-11(2)13-12(9-14-5-7-19-3)10-15-16(13)6-8-20(4,17)18/h10-11,14H,5-9H2,1-4H3. The summed E-state index contributed by atoms with van der Waals surface area (Å²) in [6.07, 6.45) is 3.07. The maximum atomic E-state index is 11.3. The van der Waals surface area contributed by atoms with Crippen LogP contribution in [-0.2, 0) is 27.7 Å². The Balaban J connectivity index is 2.73. The fourth-order valence-corrected chi connectivity index (χ4v) is 2.57. The minimum absolute atomic E-state index is 0.116. The van der Waals surface area contributed by atoms with Crippen molar-refractivity contribution in [2.24, 2.45) is 0 Å². The summed E-state index contributed by atoms with van der Waals surface area (Å²) in [4.78, 5) is 0. The molecule has 116 valence electrons. The highest BCUT2D eigenvalue weighted by molar-refractivity contribution is 7.90. The predicted octanol–water partition coefficient (Wildman–Crippen LogP) is 0.787. The van der Waals surface area contributed by atoms with Crippen molar-refractivity contribution >= 4 is 9.84 Å². The fraction of sp³-hybridized carbons (Fsp3) is 0.769. The average Bonchev–Trinajstić information content (AvgIpc) is 2.74. The number of nitrogens with one attached hydrogen (secondary N) is 1. The van der Waals surface area contributed by atoms with Gasteiger partial charge in [-0.25, -0.2) is 8.42 Å². The molecule has 1 aromatic rings. The topological polar surface area (TPSA) is 73.2 Å². The molecule has 0 radical (unpaired) electrons. The molecule has 6 nitrogen and oxygen atoms in total. The van der Waals surface area contributed by atoms with E-state index in [2.05, 4.69) is 24.3 Å². The zero-order valence-electron chi connectivity index (χ0n) is 12.7. The number of aryl methyl sites for hydroxylation is 1. The van der Waals surface area contributed by atoms with Crippen LogP contribution in [0.4, 0.5) is 0 Å². The predicted molar refractivity (Wildman–Crippen MR) is 79.6 cm³/mol. The number of hydrogen-bond acceptors (Lipinski definition) is 5. The molecule has 1 N–H and O–H groups in total. The smallest absolute Gasteiger partial charge is 0.149 e. The summed E-state index contributed by atoms with van der Waals surface area (Å²) in [5.41, 5.74) is 2.21. The van der Waals surface area contributed by atoms with Gasteiger partial charge >= 0.3 is 0 Å². The number of methoxy groups -OCH3 is 1. The summed E-state index contributed by atoms with van der Waals surface area (Å²) < 4.78 is 29.3. The lowest BCUT2D eigenvalue weighted by molar-refractivity contribution is 0.199. The van der Waals surface area contributed by atoms with Crippen LogP contribution in [0.15, 0.2) is 6.20 Å². The Kier molecular flexibility index (Phi) is 6.64. The third-order valence-corrected chi connectivity index (χ3v) is 3.90. The lowest BCUT2D eigenvalue weighted by atomic mass is 10.1. The van der Waals surface area contributed by atoms with Gasteiger partial charge in [-0.1, -0.05) is 13.8 Å². The third kappa shape index (κ3) is 5.60. The molecule has 20 heavy (non-hydrogen) atoms. The van der Waals surface area contributed by atoms with E-state index in [0.29, 0.717) is 19.1 Å². The first-order valence-corrected chi connectivity index (χ1v) is 8.83. The quantitative estimate of drug-likeness (QED) is 0.683. The Morgan fingerprint density at radius 3 is 2.70 bits per heavy atom. The van der Waals surface area contributed by atoms with E-state index in [1.165, 1.54) is 6.26 Å². The van der Waals surface area contributed by atoms with E-state index in [0.717, 1.165) is 24.3 Å². The highest BCUT2D eigenvalue weighted by atomic mass is 32.2. The van der Waals surface area contributed by atoms with E-state index < -0.39 is 9.84 Å². The zero-order valence-corrected chi connectivity index (χ0v) is 13.5. The molecule has 1 aromatic heterocycles. The Hall–Kier alpha value is -0.920. The van der Waals surface area contributed by atoms with Crippen molar-refractivity contribution in [1.82, 2.24) is 15.1 Å². The number of aromatic nitrogens is 2. The summed E-state index contributed by atoms with van der Waals surface area (Å²) in [5, 5.41) is 7.61. The number of rotatable bonds is 9. The normalized spacial score (nSPS) is 12.2. The van der Waals surface area contributed by atoms with Crippen LogP contribution in [0.5, 0.6) is 0 Å². The average molecular weight is 303 g/mol. The van der Waals surface area contributed by atoms with Crippen LogP contribution in [0.25, 0.3) is 0 Å². The molecule has 1 rings (SSSR count). The third-order valence-electron chi connectivity index (χ3n) is 2.98. The number of hydrogen-bond donors (Lipinski definition) is 1. The molecular formula is C13H25N3O3S. The summed E-state index contributed by atoms with van der Waals surface area (Å²) in [6.45, 7) is 6.75. The second kappa shape index (κ2) is 7.75. The Morgan fingerprint density at radius 2 is 2.15 bits per heavy atom. The van der Waals surface area contributed by atoms with E-state index in [1.807, 2.05) is 6.20 Å².